The molecule has 1 aromatic carbocycles. The van der Waals surface area contributed by atoms with E-state index in [1.807, 2.05) is 0 Å². The lowest BCUT2D eigenvalue weighted by atomic mass is 10.1. The maximum atomic E-state index is 12.0. The molecule has 88 valence electrons. The van der Waals surface area contributed by atoms with Crippen LogP contribution in [-0.2, 0) is 0 Å². The average Bonchev–Trinajstić information content (AvgIpc) is 2.14. The summed E-state index contributed by atoms with van der Waals surface area (Å²) < 4.78 is 39.9. The highest BCUT2D eigenvalue weighted by atomic mass is 19.4. The smallest absolute Gasteiger partial charge is 0.405 e. The minimum Gasteiger partial charge on any atom is -0.405 e. The van der Waals surface area contributed by atoms with Gasteiger partial charge in [-0.15, -0.1) is 13.2 Å². The highest BCUT2D eigenvalue weighted by Gasteiger charge is 2.31. The molecule has 1 N–H and O–H groups in total. The Morgan fingerprint density at radius 1 is 1.31 bits per heavy atom. The van der Waals surface area contributed by atoms with Crippen LogP contribution in [0.3, 0.4) is 0 Å². The van der Waals surface area contributed by atoms with Gasteiger partial charge in [0.25, 0.3) is 0 Å². The zero-order valence-corrected chi connectivity index (χ0v) is 8.53. The van der Waals surface area contributed by atoms with Crippen molar-refractivity contribution in [3.05, 3.63) is 35.9 Å². The third-order valence-corrected chi connectivity index (χ3v) is 1.70. The third-order valence-electron chi connectivity index (χ3n) is 1.70. The Morgan fingerprint density at radius 2 is 1.94 bits per heavy atom. The number of ether oxygens (including phenoxy) is 1. The molecule has 0 aliphatic heterocycles. The van der Waals surface area contributed by atoms with Gasteiger partial charge in [-0.1, -0.05) is 30.4 Å². The van der Waals surface area contributed by atoms with Crippen LogP contribution in [0.4, 0.5) is 13.2 Å². The summed E-state index contributed by atoms with van der Waals surface area (Å²) in [7, 11) is 0. The van der Waals surface area contributed by atoms with Crippen molar-refractivity contribution >= 4 is 6.08 Å². The first kappa shape index (κ1) is 12.6. The van der Waals surface area contributed by atoms with Gasteiger partial charge in [-0.25, -0.2) is 0 Å². The Bertz CT molecular complexity index is 370. The molecule has 0 saturated heterocycles. The van der Waals surface area contributed by atoms with Gasteiger partial charge < -0.3 is 9.84 Å². The zero-order chi connectivity index (χ0) is 12.2. The molecule has 1 rings (SSSR count). The fraction of sp³-hybridized carbons (Fsp3) is 0.273. The minimum atomic E-state index is -4.71. The number of para-hydroxylation sites is 1. The van der Waals surface area contributed by atoms with E-state index in [0.717, 1.165) is 0 Å². The summed E-state index contributed by atoms with van der Waals surface area (Å²) in [5, 5.41) is 8.99. The van der Waals surface area contributed by atoms with E-state index in [-0.39, 0.29) is 11.3 Å². The first-order valence-electron chi connectivity index (χ1n) is 4.59. The van der Waals surface area contributed by atoms with Crippen LogP contribution in [0.2, 0.25) is 0 Å². The Balaban J connectivity index is 2.92. The summed E-state index contributed by atoms with van der Waals surface area (Å²) in [6.45, 7) is 1.50. The maximum Gasteiger partial charge on any atom is 0.573 e. The monoisotopic (exact) mass is 232 g/mol. The highest BCUT2D eigenvalue weighted by Crippen LogP contribution is 2.26. The molecule has 0 amide bonds. The fourth-order valence-electron chi connectivity index (χ4n) is 1.08. The molecule has 0 bridgehead atoms. The molecule has 0 aromatic heterocycles. The van der Waals surface area contributed by atoms with E-state index < -0.39 is 12.5 Å². The summed E-state index contributed by atoms with van der Waals surface area (Å²) in [6, 6.07) is 5.72. The number of benzene rings is 1. The summed E-state index contributed by atoms with van der Waals surface area (Å²) in [5.74, 6) is -0.285. The molecule has 1 aromatic rings. The summed E-state index contributed by atoms with van der Waals surface area (Å²) in [6.07, 6.45) is -2.68. The van der Waals surface area contributed by atoms with Crippen molar-refractivity contribution in [2.45, 2.75) is 19.4 Å². The van der Waals surface area contributed by atoms with E-state index >= 15 is 0 Å². The molecule has 1 atom stereocenters. The lowest BCUT2D eigenvalue weighted by Gasteiger charge is -2.11. The summed E-state index contributed by atoms with van der Waals surface area (Å²) in [5.41, 5.74) is 0.265. The molecule has 0 fully saturated rings. The van der Waals surface area contributed by atoms with Crippen molar-refractivity contribution in [2.75, 3.05) is 0 Å². The summed E-state index contributed by atoms with van der Waals surface area (Å²) >= 11 is 0. The van der Waals surface area contributed by atoms with Crippen LogP contribution in [0.5, 0.6) is 5.75 Å². The Morgan fingerprint density at radius 3 is 2.50 bits per heavy atom. The van der Waals surface area contributed by atoms with Crippen LogP contribution >= 0.6 is 0 Å². The largest absolute Gasteiger partial charge is 0.573 e. The van der Waals surface area contributed by atoms with Crippen molar-refractivity contribution in [1.82, 2.24) is 0 Å². The second kappa shape index (κ2) is 5.03. The number of halogens is 3. The van der Waals surface area contributed by atoms with E-state index in [1.54, 1.807) is 6.07 Å². The predicted octanol–water partition coefficient (Wildman–Crippen LogP) is 2.98. The first-order chi connectivity index (χ1) is 7.38. The molecule has 0 heterocycles. The Hall–Kier alpha value is -1.49. The van der Waals surface area contributed by atoms with Gasteiger partial charge in [0.1, 0.15) is 5.75 Å². The highest BCUT2D eigenvalue weighted by molar-refractivity contribution is 5.57. The molecular weight excluding hydrogens is 221 g/mol. The lowest BCUT2D eigenvalue weighted by Crippen LogP contribution is -2.17. The second-order valence-electron chi connectivity index (χ2n) is 3.19. The quantitative estimate of drug-likeness (QED) is 0.868. The lowest BCUT2D eigenvalue weighted by molar-refractivity contribution is -0.274. The molecule has 0 saturated carbocycles. The standard InChI is InChI=1S/C11H11F3O2/c1-8(15)6-7-9-4-2-3-5-10(9)16-11(12,13)14/h2-8,15H,1H3/b7-6+. The van der Waals surface area contributed by atoms with Gasteiger partial charge in [-0.3, -0.25) is 0 Å². The summed E-state index contributed by atoms with van der Waals surface area (Å²) in [4.78, 5) is 0. The molecule has 0 aliphatic rings. The van der Waals surface area contributed by atoms with Crippen LogP contribution in [0, 0.1) is 0 Å². The van der Waals surface area contributed by atoms with Gasteiger partial charge in [0.05, 0.1) is 6.10 Å². The van der Waals surface area contributed by atoms with E-state index in [4.69, 9.17) is 5.11 Å². The normalized spacial score (nSPS) is 14.1. The van der Waals surface area contributed by atoms with E-state index in [0.29, 0.717) is 0 Å². The van der Waals surface area contributed by atoms with E-state index in [9.17, 15) is 13.2 Å². The van der Waals surface area contributed by atoms with Crippen molar-refractivity contribution in [1.29, 1.82) is 0 Å². The van der Waals surface area contributed by atoms with E-state index in [1.165, 1.54) is 37.3 Å². The van der Waals surface area contributed by atoms with Crippen LogP contribution in [0.15, 0.2) is 30.3 Å². The molecule has 0 radical (unpaired) electrons. The maximum absolute atomic E-state index is 12.0. The number of rotatable bonds is 3. The molecule has 2 nitrogen and oxygen atoms in total. The van der Waals surface area contributed by atoms with Crippen LogP contribution in [0.25, 0.3) is 6.08 Å². The van der Waals surface area contributed by atoms with Crippen LogP contribution < -0.4 is 4.74 Å². The molecule has 1 unspecified atom stereocenters. The molecular formula is C11H11F3O2. The Labute approximate surface area is 91.0 Å². The van der Waals surface area contributed by atoms with Gasteiger partial charge in [0.2, 0.25) is 0 Å². The minimum absolute atomic E-state index is 0.265. The van der Waals surface area contributed by atoms with Crippen LogP contribution in [-0.4, -0.2) is 17.6 Å². The predicted molar refractivity (Wildman–Crippen MR) is 53.8 cm³/mol. The average molecular weight is 232 g/mol. The van der Waals surface area contributed by atoms with Gasteiger partial charge in [0.15, 0.2) is 0 Å². The molecule has 5 heteroatoms. The molecule has 0 spiro atoms. The first-order valence-corrected chi connectivity index (χ1v) is 4.59. The van der Waals surface area contributed by atoms with Gasteiger partial charge >= 0.3 is 6.36 Å². The van der Waals surface area contributed by atoms with E-state index in [2.05, 4.69) is 4.74 Å². The number of alkyl halides is 3. The van der Waals surface area contributed by atoms with Crippen molar-refractivity contribution in [3.63, 3.8) is 0 Å². The number of aliphatic hydroxyl groups is 1. The van der Waals surface area contributed by atoms with Gasteiger partial charge in [-0.05, 0) is 13.0 Å². The number of aliphatic hydroxyl groups excluding tert-OH is 1. The van der Waals surface area contributed by atoms with Gasteiger partial charge in [-0.2, -0.15) is 0 Å². The molecule has 0 aliphatic carbocycles. The van der Waals surface area contributed by atoms with Crippen molar-refractivity contribution in [3.8, 4) is 5.75 Å². The number of hydrogen-bond acceptors (Lipinski definition) is 2. The SMILES string of the molecule is CC(O)/C=C/c1ccccc1OC(F)(F)F. The second-order valence-corrected chi connectivity index (χ2v) is 3.19. The topological polar surface area (TPSA) is 29.5 Å². The molecule has 16 heavy (non-hydrogen) atoms. The zero-order valence-electron chi connectivity index (χ0n) is 8.53. The van der Waals surface area contributed by atoms with Crippen molar-refractivity contribution < 1.29 is 23.0 Å². The van der Waals surface area contributed by atoms with Gasteiger partial charge in [0, 0.05) is 5.56 Å². The van der Waals surface area contributed by atoms with Crippen LogP contribution in [0.1, 0.15) is 12.5 Å². The Kier molecular flexibility index (Phi) is 3.95. The van der Waals surface area contributed by atoms with Crippen molar-refractivity contribution in [2.24, 2.45) is 0 Å². The third kappa shape index (κ3) is 4.35. The number of hydrogen-bond donors (Lipinski definition) is 1. The fourth-order valence-corrected chi connectivity index (χ4v) is 1.08.